The van der Waals surface area contributed by atoms with Gasteiger partial charge in [0, 0.05) is 25.7 Å². The van der Waals surface area contributed by atoms with E-state index < -0.39 is 0 Å². The fourth-order valence-electron chi connectivity index (χ4n) is 4.03. The predicted molar refractivity (Wildman–Crippen MR) is 69.2 cm³/mol. The van der Waals surface area contributed by atoms with Crippen molar-refractivity contribution in [2.45, 2.75) is 56.7 Å². The van der Waals surface area contributed by atoms with E-state index in [9.17, 15) is 0 Å². The van der Waals surface area contributed by atoms with Gasteiger partial charge in [0.25, 0.3) is 0 Å². The Morgan fingerprint density at radius 3 is 2.53 bits per heavy atom. The predicted octanol–water partition coefficient (Wildman–Crippen LogP) is 1.72. The lowest BCUT2D eigenvalue weighted by atomic mass is 10.1. The van der Waals surface area contributed by atoms with Gasteiger partial charge in [0.15, 0.2) is 0 Å². The average Bonchev–Trinajstić information content (AvgIpc) is 2.94. The maximum atomic E-state index is 5.51. The zero-order valence-electron chi connectivity index (χ0n) is 11.1. The van der Waals surface area contributed by atoms with E-state index in [1.165, 1.54) is 64.7 Å². The van der Waals surface area contributed by atoms with E-state index >= 15 is 0 Å². The van der Waals surface area contributed by atoms with Crippen LogP contribution in [0.1, 0.15) is 38.5 Å². The topological polar surface area (TPSA) is 15.7 Å². The third-order valence-corrected chi connectivity index (χ3v) is 5.04. The van der Waals surface area contributed by atoms with E-state index in [0.29, 0.717) is 6.10 Å². The summed E-state index contributed by atoms with van der Waals surface area (Å²) in [6.07, 6.45) is 8.63. The Labute approximate surface area is 105 Å². The zero-order chi connectivity index (χ0) is 11.7. The molecular formula is C14H26N2O. The van der Waals surface area contributed by atoms with Gasteiger partial charge in [-0.25, -0.2) is 0 Å². The molecular weight excluding hydrogens is 212 g/mol. The molecule has 0 spiro atoms. The molecule has 1 aliphatic carbocycles. The van der Waals surface area contributed by atoms with Gasteiger partial charge in [-0.2, -0.15) is 0 Å². The van der Waals surface area contributed by atoms with Crippen molar-refractivity contribution < 1.29 is 4.74 Å². The molecule has 3 atom stereocenters. The van der Waals surface area contributed by atoms with E-state index in [0.717, 1.165) is 12.1 Å². The Bertz CT molecular complexity index is 259. The number of ether oxygens (including phenoxy) is 1. The van der Waals surface area contributed by atoms with Crippen LogP contribution >= 0.6 is 0 Å². The van der Waals surface area contributed by atoms with Crippen LogP contribution in [0.25, 0.3) is 0 Å². The van der Waals surface area contributed by atoms with Crippen LogP contribution in [-0.4, -0.2) is 61.3 Å². The van der Waals surface area contributed by atoms with E-state index in [4.69, 9.17) is 4.74 Å². The summed E-state index contributed by atoms with van der Waals surface area (Å²) in [6.45, 7) is 5.32. The number of fused-ring (bicyclic) bond motifs is 1. The smallest absolute Gasteiger partial charge is 0.0586 e. The minimum Gasteiger partial charge on any atom is -0.381 e. The lowest BCUT2D eigenvalue weighted by molar-refractivity contribution is 0.0949. The van der Waals surface area contributed by atoms with Crippen molar-refractivity contribution in [3.05, 3.63) is 0 Å². The molecule has 3 unspecified atom stereocenters. The SMILES string of the molecule is COC1CCC(N2CCCN3CCCC3C2)C1. The first-order chi connectivity index (χ1) is 8.36. The number of nitrogens with zero attached hydrogens (tertiary/aromatic N) is 2. The van der Waals surface area contributed by atoms with Crippen LogP contribution < -0.4 is 0 Å². The third kappa shape index (κ3) is 2.51. The quantitative estimate of drug-likeness (QED) is 0.728. The lowest BCUT2D eigenvalue weighted by Gasteiger charge is -2.30. The van der Waals surface area contributed by atoms with Gasteiger partial charge in [0.05, 0.1) is 6.10 Å². The molecule has 3 fully saturated rings. The van der Waals surface area contributed by atoms with Crippen LogP contribution in [0, 0.1) is 0 Å². The fourth-order valence-corrected chi connectivity index (χ4v) is 4.03. The molecule has 2 heterocycles. The highest BCUT2D eigenvalue weighted by molar-refractivity contribution is 4.90. The highest BCUT2D eigenvalue weighted by Crippen LogP contribution is 2.29. The zero-order valence-corrected chi connectivity index (χ0v) is 11.1. The summed E-state index contributed by atoms with van der Waals surface area (Å²) >= 11 is 0. The minimum absolute atomic E-state index is 0.530. The summed E-state index contributed by atoms with van der Waals surface area (Å²) < 4.78 is 5.51. The second-order valence-electron chi connectivity index (χ2n) is 6.01. The molecule has 1 saturated carbocycles. The second kappa shape index (κ2) is 5.25. The third-order valence-electron chi connectivity index (χ3n) is 5.04. The lowest BCUT2D eigenvalue weighted by Crippen LogP contribution is -2.41. The Morgan fingerprint density at radius 2 is 1.71 bits per heavy atom. The maximum absolute atomic E-state index is 5.51. The molecule has 0 bridgehead atoms. The summed E-state index contributed by atoms with van der Waals surface area (Å²) in [5, 5.41) is 0. The second-order valence-corrected chi connectivity index (χ2v) is 6.01. The first kappa shape index (κ1) is 11.9. The molecule has 3 heteroatoms. The van der Waals surface area contributed by atoms with Crippen molar-refractivity contribution >= 4 is 0 Å². The van der Waals surface area contributed by atoms with Crippen molar-refractivity contribution in [3.63, 3.8) is 0 Å². The summed E-state index contributed by atoms with van der Waals surface area (Å²) in [7, 11) is 1.87. The molecule has 98 valence electrons. The average molecular weight is 238 g/mol. The molecule has 3 nitrogen and oxygen atoms in total. The summed E-state index contributed by atoms with van der Waals surface area (Å²) in [5.74, 6) is 0. The summed E-state index contributed by atoms with van der Waals surface area (Å²) in [5.41, 5.74) is 0. The van der Waals surface area contributed by atoms with Crippen LogP contribution in [0.15, 0.2) is 0 Å². The van der Waals surface area contributed by atoms with Gasteiger partial charge in [-0.3, -0.25) is 9.80 Å². The minimum atomic E-state index is 0.530. The molecule has 0 amide bonds. The van der Waals surface area contributed by atoms with Gasteiger partial charge in [-0.1, -0.05) is 0 Å². The monoisotopic (exact) mass is 238 g/mol. The Hall–Kier alpha value is -0.120. The van der Waals surface area contributed by atoms with Crippen molar-refractivity contribution in [1.29, 1.82) is 0 Å². The highest BCUT2D eigenvalue weighted by Gasteiger charge is 2.34. The Kier molecular flexibility index (Phi) is 3.69. The van der Waals surface area contributed by atoms with Crippen LogP contribution in [0.3, 0.4) is 0 Å². The van der Waals surface area contributed by atoms with E-state index in [1.54, 1.807) is 0 Å². The van der Waals surface area contributed by atoms with Crippen LogP contribution in [0.4, 0.5) is 0 Å². The van der Waals surface area contributed by atoms with Crippen LogP contribution in [0.5, 0.6) is 0 Å². The van der Waals surface area contributed by atoms with Gasteiger partial charge < -0.3 is 4.74 Å². The van der Waals surface area contributed by atoms with E-state index in [1.807, 2.05) is 7.11 Å². The number of rotatable bonds is 2. The molecule has 17 heavy (non-hydrogen) atoms. The van der Waals surface area contributed by atoms with E-state index in [2.05, 4.69) is 9.80 Å². The maximum Gasteiger partial charge on any atom is 0.0586 e. The number of methoxy groups -OCH3 is 1. The van der Waals surface area contributed by atoms with Crippen molar-refractivity contribution in [1.82, 2.24) is 9.80 Å². The van der Waals surface area contributed by atoms with Gasteiger partial charge in [-0.15, -0.1) is 0 Å². The summed E-state index contributed by atoms with van der Waals surface area (Å²) in [6, 6.07) is 1.67. The molecule has 2 aliphatic heterocycles. The molecule has 2 saturated heterocycles. The molecule has 0 aromatic carbocycles. The van der Waals surface area contributed by atoms with Gasteiger partial charge in [0.1, 0.15) is 0 Å². The largest absolute Gasteiger partial charge is 0.381 e. The summed E-state index contributed by atoms with van der Waals surface area (Å²) in [4.78, 5) is 5.50. The highest BCUT2D eigenvalue weighted by atomic mass is 16.5. The number of hydrogen-bond donors (Lipinski definition) is 0. The Balaban J connectivity index is 1.59. The van der Waals surface area contributed by atoms with Crippen molar-refractivity contribution in [2.24, 2.45) is 0 Å². The first-order valence-electron chi connectivity index (χ1n) is 7.37. The van der Waals surface area contributed by atoms with Crippen molar-refractivity contribution in [2.75, 3.05) is 33.3 Å². The van der Waals surface area contributed by atoms with Crippen LogP contribution in [-0.2, 0) is 4.74 Å². The number of hydrogen-bond acceptors (Lipinski definition) is 3. The van der Waals surface area contributed by atoms with Gasteiger partial charge in [0.2, 0.25) is 0 Å². The van der Waals surface area contributed by atoms with Gasteiger partial charge >= 0.3 is 0 Å². The van der Waals surface area contributed by atoms with E-state index in [-0.39, 0.29) is 0 Å². The molecule has 0 radical (unpaired) electrons. The molecule has 3 rings (SSSR count). The van der Waals surface area contributed by atoms with Crippen molar-refractivity contribution in [3.8, 4) is 0 Å². The fraction of sp³-hybridized carbons (Fsp3) is 1.00. The molecule has 3 aliphatic rings. The van der Waals surface area contributed by atoms with Gasteiger partial charge in [-0.05, 0) is 58.2 Å². The Morgan fingerprint density at radius 1 is 0.882 bits per heavy atom. The first-order valence-corrected chi connectivity index (χ1v) is 7.37. The van der Waals surface area contributed by atoms with Crippen LogP contribution in [0.2, 0.25) is 0 Å². The normalized spacial score (nSPS) is 40.4. The standard InChI is InChI=1S/C14H26N2O/c1-17-14-6-5-12(10-14)16-9-3-8-15-7-2-4-13(15)11-16/h12-14H,2-11H2,1H3. The molecule has 0 aromatic heterocycles. The molecule has 0 N–H and O–H groups in total. The molecule has 0 aromatic rings.